The zero-order valence-corrected chi connectivity index (χ0v) is 19.0. The Morgan fingerprint density at radius 2 is 1.72 bits per heavy atom. The number of hydrogen-bond donors (Lipinski definition) is 2. The van der Waals surface area contributed by atoms with E-state index >= 15 is 0 Å². The molecule has 0 aliphatic rings. The summed E-state index contributed by atoms with van der Waals surface area (Å²) in [6, 6.07) is 16.9. The van der Waals surface area contributed by atoms with Crippen LogP contribution >= 0.6 is 11.6 Å². The second kappa shape index (κ2) is 9.84. The lowest BCUT2D eigenvalue weighted by Crippen LogP contribution is -2.16. The standard InChI is InChI=1S/C23H21ClN2O5S/c1-3-31-23(28)16-10-9-15(2)21(13-16)25-22(27)19-14-17(11-12-20(19)24)26-32(29,30)18-7-5-4-6-8-18/h4-14,26H,3H2,1-2H3,(H,25,27). The molecule has 0 fully saturated rings. The van der Waals surface area contributed by atoms with Gasteiger partial charge >= 0.3 is 5.97 Å². The van der Waals surface area contributed by atoms with Crippen molar-refractivity contribution in [2.45, 2.75) is 18.7 Å². The quantitative estimate of drug-likeness (QED) is 0.477. The SMILES string of the molecule is CCOC(=O)c1ccc(C)c(NC(=O)c2cc(NS(=O)(=O)c3ccccc3)ccc2Cl)c1. The molecule has 2 N–H and O–H groups in total. The van der Waals surface area contributed by atoms with Gasteiger partial charge in [0.15, 0.2) is 0 Å². The molecule has 0 saturated heterocycles. The van der Waals surface area contributed by atoms with Crippen LogP contribution in [0.4, 0.5) is 11.4 Å². The number of rotatable bonds is 7. The molecule has 9 heteroatoms. The van der Waals surface area contributed by atoms with Gasteiger partial charge in [0.05, 0.1) is 27.7 Å². The molecular weight excluding hydrogens is 452 g/mol. The zero-order valence-electron chi connectivity index (χ0n) is 17.4. The minimum atomic E-state index is -3.83. The van der Waals surface area contributed by atoms with Crippen molar-refractivity contribution in [2.75, 3.05) is 16.6 Å². The van der Waals surface area contributed by atoms with Crippen molar-refractivity contribution in [3.05, 3.63) is 88.4 Å². The number of aryl methyl sites for hydroxylation is 1. The van der Waals surface area contributed by atoms with E-state index in [1.807, 2.05) is 0 Å². The van der Waals surface area contributed by atoms with E-state index < -0.39 is 21.9 Å². The monoisotopic (exact) mass is 472 g/mol. The maximum atomic E-state index is 12.9. The molecule has 1 amide bonds. The van der Waals surface area contributed by atoms with Gasteiger partial charge in [-0.05, 0) is 61.9 Å². The van der Waals surface area contributed by atoms with E-state index in [4.69, 9.17) is 16.3 Å². The van der Waals surface area contributed by atoms with Crippen LogP contribution in [0.15, 0.2) is 71.6 Å². The van der Waals surface area contributed by atoms with Crippen molar-refractivity contribution in [3.63, 3.8) is 0 Å². The second-order valence-corrected chi connectivity index (χ2v) is 8.91. The Hall–Kier alpha value is -3.36. The molecule has 0 aliphatic carbocycles. The van der Waals surface area contributed by atoms with E-state index in [1.165, 1.54) is 36.4 Å². The average Bonchev–Trinajstić information content (AvgIpc) is 2.77. The van der Waals surface area contributed by atoms with Crippen LogP contribution in [0, 0.1) is 6.92 Å². The summed E-state index contributed by atoms with van der Waals surface area (Å²) in [5.74, 6) is -1.06. The Bertz CT molecular complexity index is 1260. The first kappa shape index (κ1) is 23.3. The molecule has 3 aromatic carbocycles. The minimum absolute atomic E-state index is 0.0702. The summed E-state index contributed by atoms with van der Waals surface area (Å²) in [6.07, 6.45) is 0. The summed E-state index contributed by atoms with van der Waals surface area (Å²) < 4.78 is 32.6. The first-order valence-corrected chi connectivity index (χ1v) is 11.5. The summed E-state index contributed by atoms with van der Waals surface area (Å²) in [7, 11) is -3.83. The number of carbonyl (C=O) groups excluding carboxylic acids is 2. The number of carbonyl (C=O) groups is 2. The molecular formula is C23H21ClN2O5S. The fourth-order valence-corrected chi connectivity index (χ4v) is 4.14. The molecule has 166 valence electrons. The van der Waals surface area contributed by atoms with Crippen molar-refractivity contribution in [2.24, 2.45) is 0 Å². The van der Waals surface area contributed by atoms with Crippen molar-refractivity contribution >= 4 is 44.9 Å². The Kier molecular flexibility index (Phi) is 7.17. The largest absolute Gasteiger partial charge is 0.462 e. The number of nitrogens with one attached hydrogen (secondary N) is 2. The van der Waals surface area contributed by atoms with Gasteiger partial charge in [-0.15, -0.1) is 0 Å². The van der Waals surface area contributed by atoms with Gasteiger partial charge in [0.1, 0.15) is 0 Å². The van der Waals surface area contributed by atoms with Gasteiger partial charge in [0.2, 0.25) is 0 Å². The third kappa shape index (κ3) is 5.46. The molecule has 0 unspecified atom stereocenters. The summed E-state index contributed by atoms with van der Waals surface area (Å²) in [6.45, 7) is 3.71. The molecule has 0 aromatic heterocycles. The topological polar surface area (TPSA) is 102 Å². The number of esters is 1. The van der Waals surface area contributed by atoms with Gasteiger partial charge in [-0.2, -0.15) is 0 Å². The Labute approximate surface area is 191 Å². The maximum Gasteiger partial charge on any atom is 0.338 e. The van der Waals surface area contributed by atoms with E-state index in [0.29, 0.717) is 11.3 Å². The van der Waals surface area contributed by atoms with Crippen molar-refractivity contribution in [3.8, 4) is 0 Å². The Balaban J connectivity index is 1.85. The Morgan fingerprint density at radius 1 is 1.00 bits per heavy atom. The van der Waals surface area contributed by atoms with Gasteiger partial charge in [-0.1, -0.05) is 35.9 Å². The van der Waals surface area contributed by atoms with Crippen LogP contribution in [0.2, 0.25) is 5.02 Å². The molecule has 3 rings (SSSR count). The summed E-state index contributed by atoms with van der Waals surface area (Å²) in [4.78, 5) is 25.0. The van der Waals surface area contributed by atoms with E-state index in [0.717, 1.165) is 5.56 Å². The normalized spacial score (nSPS) is 11.0. The number of halogens is 1. The number of anilines is 2. The predicted molar refractivity (Wildman–Crippen MR) is 124 cm³/mol. The van der Waals surface area contributed by atoms with Gasteiger partial charge in [0, 0.05) is 11.4 Å². The van der Waals surface area contributed by atoms with E-state index in [1.54, 1.807) is 44.2 Å². The first-order chi connectivity index (χ1) is 15.2. The van der Waals surface area contributed by atoms with Crippen LogP contribution < -0.4 is 10.0 Å². The van der Waals surface area contributed by atoms with Crippen LogP contribution in [-0.4, -0.2) is 26.9 Å². The molecule has 3 aromatic rings. The number of benzene rings is 3. The van der Waals surface area contributed by atoms with Crippen molar-refractivity contribution in [1.82, 2.24) is 0 Å². The molecule has 0 heterocycles. The molecule has 0 radical (unpaired) electrons. The number of amides is 1. The van der Waals surface area contributed by atoms with Gasteiger partial charge in [-0.25, -0.2) is 13.2 Å². The first-order valence-electron chi connectivity index (χ1n) is 9.68. The van der Waals surface area contributed by atoms with Gasteiger partial charge in [0.25, 0.3) is 15.9 Å². The predicted octanol–water partition coefficient (Wildman–Crippen LogP) is 4.88. The second-order valence-electron chi connectivity index (χ2n) is 6.82. The third-order valence-corrected chi connectivity index (χ3v) is 6.24. The maximum absolute atomic E-state index is 12.9. The molecule has 0 saturated carbocycles. The molecule has 0 aliphatic heterocycles. The highest BCUT2D eigenvalue weighted by molar-refractivity contribution is 7.92. The lowest BCUT2D eigenvalue weighted by atomic mass is 10.1. The lowest BCUT2D eigenvalue weighted by Gasteiger charge is -2.13. The molecule has 0 bridgehead atoms. The number of hydrogen-bond acceptors (Lipinski definition) is 5. The van der Waals surface area contributed by atoms with Crippen LogP contribution in [0.1, 0.15) is 33.2 Å². The van der Waals surface area contributed by atoms with E-state index in [9.17, 15) is 18.0 Å². The fraction of sp³-hybridized carbons (Fsp3) is 0.130. The fourth-order valence-electron chi connectivity index (χ4n) is 2.86. The van der Waals surface area contributed by atoms with Gasteiger partial charge in [-0.3, -0.25) is 9.52 Å². The van der Waals surface area contributed by atoms with Crippen molar-refractivity contribution < 1.29 is 22.7 Å². The number of sulfonamides is 1. The summed E-state index contributed by atoms with van der Waals surface area (Å²) in [5, 5.41) is 2.86. The van der Waals surface area contributed by atoms with E-state index in [-0.39, 0.29) is 27.8 Å². The highest BCUT2D eigenvalue weighted by atomic mass is 35.5. The zero-order chi connectivity index (χ0) is 23.3. The van der Waals surface area contributed by atoms with Crippen molar-refractivity contribution in [1.29, 1.82) is 0 Å². The average molecular weight is 473 g/mol. The minimum Gasteiger partial charge on any atom is -0.462 e. The van der Waals surface area contributed by atoms with Crippen LogP contribution in [-0.2, 0) is 14.8 Å². The smallest absolute Gasteiger partial charge is 0.338 e. The molecule has 32 heavy (non-hydrogen) atoms. The molecule has 0 spiro atoms. The lowest BCUT2D eigenvalue weighted by molar-refractivity contribution is 0.0526. The van der Waals surface area contributed by atoms with E-state index in [2.05, 4.69) is 10.0 Å². The summed E-state index contributed by atoms with van der Waals surface area (Å²) in [5.41, 5.74) is 1.68. The third-order valence-electron chi connectivity index (χ3n) is 4.51. The highest BCUT2D eigenvalue weighted by Crippen LogP contribution is 2.25. The highest BCUT2D eigenvalue weighted by Gasteiger charge is 2.18. The summed E-state index contributed by atoms with van der Waals surface area (Å²) >= 11 is 6.20. The van der Waals surface area contributed by atoms with Crippen LogP contribution in [0.5, 0.6) is 0 Å². The van der Waals surface area contributed by atoms with Gasteiger partial charge < -0.3 is 10.1 Å². The van der Waals surface area contributed by atoms with Crippen LogP contribution in [0.3, 0.4) is 0 Å². The van der Waals surface area contributed by atoms with Crippen LogP contribution in [0.25, 0.3) is 0 Å². The molecule has 7 nitrogen and oxygen atoms in total. The number of ether oxygens (including phenoxy) is 1. The Morgan fingerprint density at radius 3 is 2.41 bits per heavy atom. The molecule has 0 atom stereocenters.